The number of methoxy groups -OCH3 is 1. The maximum atomic E-state index is 13.1. The van der Waals surface area contributed by atoms with E-state index < -0.39 is 17.9 Å². The average molecular weight is 219 g/mol. The van der Waals surface area contributed by atoms with Gasteiger partial charge < -0.3 is 9.84 Å². The van der Waals surface area contributed by atoms with E-state index in [9.17, 15) is 14.3 Å². The number of aliphatic hydroxyl groups is 1. The normalized spacial score (nSPS) is 12.3. The Kier molecular flexibility index (Phi) is 3.43. The van der Waals surface area contributed by atoms with Gasteiger partial charge in [0.2, 0.25) is 0 Å². The molecular formula is C9H8ClFO3. The van der Waals surface area contributed by atoms with Gasteiger partial charge in [0, 0.05) is 10.6 Å². The molecule has 1 aromatic rings. The molecule has 1 N–H and O–H groups in total. The highest BCUT2D eigenvalue weighted by Gasteiger charge is 2.21. The van der Waals surface area contributed by atoms with Gasteiger partial charge in [-0.05, 0) is 12.1 Å². The van der Waals surface area contributed by atoms with Crippen molar-refractivity contribution in [1.82, 2.24) is 0 Å². The van der Waals surface area contributed by atoms with Crippen LogP contribution in [0.15, 0.2) is 18.2 Å². The highest BCUT2D eigenvalue weighted by molar-refractivity contribution is 6.30. The molecule has 0 bridgehead atoms. The Balaban J connectivity index is 3.01. The molecule has 0 aliphatic carbocycles. The number of esters is 1. The van der Waals surface area contributed by atoms with Crippen LogP contribution in [0.4, 0.5) is 4.39 Å². The van der Waals surface area contributed by atoms with Crippen molar-refractivity contribution in [2.75, 3.05) is 7.11 Å². The van der Waals surface area contributed by atoms with Crippen molar-refractivity contribution in [2.45, 2.75) is 6.10 Å². The maximum absolute atomic E-state index is 13.1. The zero-order chi connectivity index (χ0) is 10.7. The summed E-state index contributed by atoms with van der Waals surface area (Å²) in [6, 6.07) is 3.63. The summed E-state index contributed by atoms with van der Waals surface area (Å²) in [5, 5.41) is 9.50. The third-order valence-corrected chi connectivity index (χ3v) is 1.92. The van der Waals surface area contributed by atoms with Gasteiger partial charge in [0.1, 0.15) is 5.82 Å². The first kappa shape index (κ1) is 10.9. The molecule has 0 fully saturated rings. The van der Waals surface area contributed by atoms with Crippen molar-refractivity contribution < 1.29 is 19.0 Å². The summed E-state index contributed by atoms with van der Waals surface area (Å²) in [5.41, 5.74) is -0.152. The van der Waals surface area contributed by atoms with Crippen LogP contribution in [0, 0.1) is 5.82 Å². The second-order valence-corrected chi connectivity index (χ2v) is 3.03. The zero-order valence-electron chi connectivity index (χ0n) is 7.33. The average Bonchev–Trinajstić information content (AvgIpc) is 2.15. The molecule has 0 saturated heterocycles. The van der Waals surface area contributed by atoms with Crippen LogP contribution in [0.2, 0.25) is 5.02 Å². The lowest BCUT2D eigenvalue weighted by molar-refractivity contribution is -0.150. The van der Waals surface area contributed by atoms with Crippen molar-refractivity contribution in [3.8, 4) is 0 Å². The van der Waals surface area contributed by atoms with Crippen LogP contribution in [0.5, 0.6) is 0 Å². The fourth-order valence-corrected chi connectivity index (χ4v) is 1.12. The van der Waals surface area contributed by atoms with Crippen LogP contribution in [-0.4, -0.2) is 18.2 Å². The lowest BCUT2D eigenvalue weighted by atomic mass is 10.1. The summed E-state index contributed by atoms with van der Waals surface area (Å²) >= 11 is 5.50. The van der Waals surface area contributed by atoms with Crippen LogP contribution in [-0.2, 0) is 9.53 Å². The largest absolute Gasteiger partial charge is 0.467 e. The summed E-state index contributed by atoms with van der Waals surface area (Å²) in [4.78, 5) is 10.9. The topological polar surface area (TPSA) is 46.5 Å². The summed E-state index contributed by atoms with van der Waals surface area (Å²) < 4.78 is 17.4. The number of rotatable bonds is 2. The van der Waals surface area contributed by atoms with Crippen LogP contribution in [0.3, 0.4) is 0 Å². The standard InChI is InChI=1S/C9H8ClFO3/c1-14-9(13)8(12)6-3-2-5(10)4-7(6)11/h2-4,8,12H,1H3. The Morgan fingerprint density at radius 3 is 2.79 bits per heavy atom. The van der Waals surface area contributed by atoms with Crippen molar-refractivity contribution in [2.24, 2.45) is 0 Å². The molecular weight excluding hydrogens is 211 g/mol. The highest BCUT2D eigenvalue weighted by Crippen LogP contribution is 2.21. The van der Waals surface area contributed by atoms with E-state index >= 15 is 0 Å². The number of halogens is 2. The monoisotopic (exact) mass is 218 g/mol. The molecule has 0 aromatic heterocycles. The van der Waals surface area contributed by atoms with E-state index in [1.165, 1.54) is 12.1 Å². The molecule has 0 radical (unpaired) electrons. The van der Waals surface area contributed by atoms with Crippen LogP contribution in [0.25, 0.3) is 0 Å². The van der Waals surface area contributed by atoms with Gasteiger partial charge in [-0.2, -0.15) is 0 Å². The molecule has 76 valence electrons. The van der Waals surface area contributed by atoms with Gasteiger partial charge in [0.25, 0.3) is 0 Å². The Hall–Kier alpha value is -1.13. The molecule has 0 amide bonds. The van der Waals surface area contributed by atoms with E-state index in [2.05, 4.69) is 4.74 Å². The Morgan fingerprint density at radius 2 is 2.29 bits per heavy atom. The molecule has 5 heteroatoms. The fourth-order valence-electron chi connectivity index (χ4n) is 0.962. The van der Waals surface area contributed by atoms with Crippen LogP contribution >= 0.6 is 11.6 Å². The van der Waals surface area contributed by atoms with Gasteiger partial charge in [-0.3, -0.25) is 0 Å². The van der Waals surface area contributed by atoms with E-state index in [1.54, 1.807) is 0 Å². The summed E-state index contributed by atoms with van der Waals surface area (Å²) in [6.45, 7) is 0. The third-order valence-electron chi connectivity index (χ3n) is 1.68. The first-order valence-corrected chi connectivity index (χ1v) is 4.15. The fraction of sp³-hybridized carbons (Fsp3) is 0.222. The number of carbonyl (C=O) groups excluding carboxylic acids is 1. The summed E-state index contributed by atoms with van der Waals surface area (Å²) in [6.07, 6.45) is -1.61. The van der Waals surface area contributed by atoms with E-state index in [-0.39, 0.29) is 10.6 Å². The minimum Gasteiger partial charge on any atom is -0.467 e. The quantitative estimate of drug-likeness (QED) is 0.769. The molecule has 0 aliphatic rings. The van der Waals surface area contributed by atoms with Crippen molar-refractivity contribution in [3.05, 3.63) is 34.6 Å². The predicted octanol–water partition coefficient (Wildman–Crippen LogP) is 1.69. The van der Waals surface area contributed by atoms with Gasteiger partial charge in [0.15, 0.2) is 6.10 Å². The lowest BCUT2D eigenvalue weighted by Crippen LogP contribution is -2.14. The number of carbonyl (C=O) groups is 1. The molecule has 1 rings (SSSR count). The van der Waals surface area contributed by atoms with Gasteiger partial charge in [-0.1, -0.05) is 17.7 Å². The van der Waals surface area contributed by atoms with Crippen molar-refractivity contribution >= 4 is 17.6 Å². The number of benzene rings is 1. The lowest BCUT2D eigenvalue weighted by Gasteiger charge is -2.09. The summed E-state index contributed by atoms with van der Waals surface area (Å²) in [5.74, 6) is -1.65. The second-order valence-electron chi connectivity index (χ2n) is 2.59. The second kappa shape index (κ2) is 4.39. The minimum absolute atomic E-state index is 0.152. The molecule has 1 aromatic carbocycles. The number of hydrogen-bond donors (Lipinski definition) is 1. The van der Waals surface area contributed by atoms with E-state index in [0.717, 1.165) is 13.2 Å². The van der Waals surface area contributed by atoms with E-state index in [0.29, 0.717) is 0 Å². The number of ether oxygens (including phenoxy) is 1. The molecule has 3 nitrogen and oxygen atoms in total. The van der Waals surface area contributed by atoms with E-state index in [4.69, 9.17) is 11.6 Å². The molecule has 0 aliphatic heterocycles. The first-order valence-electron chi connectivity index (χ1n) is 3.77. The molecule has 0 spiro atoms. The molecule has 0 heterocycles. The van der Waals surface area contributed by atoms with Crippen molar-refractivity contribution in [3.63, 3.8) is 0 Å². The summed E-state index contributed by atoms with van der Waals surface area (Å²) in [7, 11) is 1.11. The van der Waals surface area contributed by atoms with E-state index in [1.807, 2.05) is 0 Å². The van der Waals surface area contributed by atoms with Gasteiger partial charge in [0.05, 0.1) is 7.11 Å². The smallest absolute Gasteiger partial charge is 0.339 e. The molecule has 1 unspecified atom stereocenters. The highest BCUT2D eigenvalue weighted by atomic mass is 35.5. The Morgan fingerprint density at radius 1 is 1.64 bits per heavy atom. The van der Waals surface area contributed by atoms with Crippen LogP contribution in [0.1, 0.15) is 11.7 Å². The SMILES string of the molecule is COC(=O)C(O)c1ccc(Cl)cc1F. The molecule has 0 saturated carbocycles. The van der Waals surface area contributed by atoms with Crippen molar-refractivity contribution in [1.29, 1.82) is 0 Å². The van der Waals surface area contributed by atoms with Gasteiger partial charge in [-0.25, -0.2) is 9.18 Å². The number of hydrogen-bond acceptors (Lipinski definition) is 3. The number of aliphatic hydroxyl groups excluding tert-OH is 1. The van der Waals surface area contributed by atoms with Crippen LogP contribution < -0.4 is 0 Å². The first-order chi connectivity index (χ1) is 6.56. The zero-order valence-corrected chi connectivity index (χ0v) is 8.08. The molecule has 14 heavy (non-hydrogen) atoms. The van der Waals surface area contributed by atoms with Gasteiger partial charge in [-0.15, -0.1) is 0 Å². The minimum atomic E-state index is -1.61. The third kappa shape index (κ3) is 2.21. The van der Waals surface area contributed by atoms with Gasteiger partial charge >= 0.3 is 5.97 Å². The predicted molar refractivity (Wildman–Crippen MR) is 48.4 cm³/mol. The Labute approximate surface area is 85.1 Å². The maximum Gasteiger partial charge on any atom is 0.339 e. The molecule has 1 atom stereocenters. The Bertz CT molecular complexity index is 354.